The number of likely N-dealkylation sites (N-methyl/N-ethyl adjacent to an activating group) is 1. The molecule has 0 heterocycles. The molecule has 0 atom stereocenters. The average Bonchev–Trinajstić information content (AvgIpc) is 2.51. The SMILES string of the molecule is Cc1ccc(OCCN(C)C(=O)Nc2ccc(F)cc2F)cc1. The molecule has 0 aliphatic heterocycles. The first kappa shape index (κ1) is 16.7. The molecule has 0 fully saturated rings. The number of anilines is 1. The Morgan fingerprint density at radius 2 is 1.87 bits per heavy atom. The Morgan fingerprint density at radius 1 is 1.17 bits per heavy atom. The second-order valence-electron chi connectivity index (χ2n) is 5.14. The van der Waals surface area contributed by atoms with Crippen molar-refractivity contribution in [3.8, 4) is 5.75 Å². The van der Waals surface area contributed by atoms with E-state index in [0.29, 0.717) is 18.9 Å². The molecule has 0 aromatic heterocycles. The quantitative estimate of drug-likeness (QED) is 0.910. The smallest absolute Gasteiger partial charge is 0.321 e. The Labute approximate surface area is 133 Å². The van der Waals surface area contributed by atoms with E-state index in [4.69, 9.17) is 4.74 Å². The molecule has 6 heteroatoms. The highest BCUT2D eigenvalue weighted by Gasteiger charge is 2.12. The monoisotopic (exact) mass is 320 g/mol. The fourth-order valence-electron chi connectivity index (χ4n) is 1.84. The number of hydrogen-bond donors (Lipinski definition) is 1. The van der Waals surface area contributed by atoms with E-state index in [2.05, 4.69) is 5.32 Å². The van der Waals surface area contributed by atoms with Gasteiger partial charge in [0.15, 0.2) is 0 Å². The fourth-order valence-corrected chi connectivity index (χ4v) is 1.84. The third-order valence-corrected chi connectivity index (χ3v) is 3.24. The molecule has 2 amide bonds. The zero-order valence-electron chi connectivity index (χ0n) is 13.0. The molecule has 0 bridgehead atoms. The van der Waals surface area contributed by atoms with Crippen molar-refractivity contribution < 1.29 is 18.3 Å². The number of hydrogen-bond acceptors (Lipinski definition) is 2. The van der Waals surface area contributed by atoms with Gasteiger partial charge >= 0.3 is 6.03 Å². The highest BCUT2D eigenvalue weighted by molar-refractivity contribution is 5.89. The molecule has 4 nitrogen and oxygen atoms in total. The first-order valence-electron chi connectivity index (χ1n) is 7.12. The molecular weight excluding hydrogens is 302 g/mol. The van der Waals surface area contributed by atoms with Gasteiger partial charge < -0.3 is 15.0 Å². The van der Waals surface area contributed by atoms with Crippen molar-refractivity contribution in [1.82, 2.24) is 4.90 Å². The molecule has 1 N–H and O–H groups in total. The van der Waals surface area contributed by atoms with Gasteiger partial charge in [-0.25, -0.2) is 13.6 Å². The molecular formula is C17H18F2N2O2. The third-order valence-electron chi connectivity index (χ3n) is 3.24. The van der Waals surface area contributed by atoms with Crippen LogP contribution in [-0.2, 0) is 0 Å². The number of benzene rings is 2. The molecule has 122 valence electrons. The molecule has 2 aromatic rings. The number of urea groups is 1. The van der Waals surface area contributed by atoms with Gasteiger partial charge in [0.25, 0.3) is 0 Å². The molecule has 2 rings (SSSR count). The van der Waals surface area contributed by atoms with Crippen LogP contribution in [0.25, 0.3) is 0 Å². The number of carbonyl (C=O) groups excluding carboxylic acids is 1. The molecule has 0 saturated carbocycles. The third kappa shape index (κ3) is 4.95. The van der Waals surface area contributed by atoms with Crippen molar-refractivity contribution in [1.29, 1.82) is 0 Å². The number of rotatable bonds is 5. The molecule has 23 heavy (non-hydrogen) atoms. The van der Waals surface area contributed by atoms with Crippen LogP contribution in [0.1, 0.15) is 5.56 Å². The largest absolute Gasteiger partial charge is 0.492 e. The van der Waals surface area contributed by atoms with Crippen molar-refractivity contribution in [3.63, 3.8) is 0 Å². The van der Waals surface area contributed by atoms with E-state index in [9.17, 15) is 13.6 Å². The van der Waals surface area contributed by atoms with Gasteiger partial charge in [-0.15, -0.1) is 0 Å². The lowest BCUT2D eigenvalue weighted by molar-refractivity contribution is 0.207. The van der Waals surface area contributed by atoms with Gasteiger partial charge in [0.05, 0.1) is 12.2 Å². The summed E-state index contributed by atoms with van der Waals surface area (Å²) in [7, 11) is 1.56. The van der Waals surface area contributed by atoms with E-state index in [1.807, 2.05) is 31.2 Å². The van der Waals surface area contributed by atoms with Gasteiger partial charge in [-0.3, -0.25) is 0 Å². The van der Waals surface area contributed by atoms with E-state index in [0.717, 1.165) is 17.7 Å². The molecule has 0 unspecified atom stereocenters. The van der Waals surface area contributed by atoms with Crippen LogP contribution in [0.15, 0.2) is 42.5 Å². The average molecular weight is 320 g/mol. The lowest BCUT2D eigenvalue weighted by atomic mass is 10.2. The highest BCUT2D eigenvalue weighted by atomic mass is 19.1. The molecule has 0 aliphatic rings. The number of aryl methyl sites for hydroxylation is 1. The number of carbonyl (C=O) groups is 1. The van der Waals surface area contributed by atoms with Gasteiger partial charge in [-0.2, -0.15) is 0 Å². The van der Waals surface area contributed by atoms with Gasteiger partial charge in [-0.1, -0.05) is 17.7 Å². The molecule has 0 aliphatic carbocycles. The number of nitrogens with zero attached hydrogens (tertiary/aromatic N) is 1. The second kappa shape index (κ2) is 7.58. The van der Waals surface area contributed by atoms with Crippen LogP contribution in [0, 0.1) is 18.6 Å². The summed E-state index contributed by atoms with van der Waals surface area (Å²) >= 11 is 0. The zero-order chi connectivity index (χ0) is 16.8. The van der Waals surface area contributed by atoms with E-state index in [-0.39, 0.29) is 5.69 Å². The summed E-state index contributed by atoms with van der Waals surface area (Å²) in [5.41, 5.74) is 1.07. The lowest BCUT2D eigenvalue weighted by Gasteiger charge is -2.18. The Balaban J connectivity index is 1.81. The van der Waals surface area contributed by atoms with Gasteiger partial charge in [0, 0.05) is 13.1 Å². The maximum absolute atomic E-state index is 13.5. The minimum absolute atomic E-state index is 0.0669. The number of ether oxygens (including phenoxy) is 1. The standard InChI is InChI=1S/C17H18F2N2O2/c1-12-3-6-14(7-4-12)23-10-9-21(2)17(22)20-16-8-5-13(18)11-15(16)19/h3-8,11H,9-10H2,1-2H3,(H,20,22). The Kier molecular flexibility index (Phi) is 5.51. The predicted octanol–water partition coefficient (Wildman–Crippen LogP) is 3.82. The summed E-state index contributed by atoms with van der Waals surface area (Å²) in [6.45, 7) is 2.61. The Hall–Kier alpha value is -2.63. The van der Waals surface area contributed by atoms with E-state index >= 15 is 0 Å². The van der Waals surface area contributed by atoms with Gasteiger partial charge in [0.1, 0.15) is 24.0 Å². The number of amides is 2. The Bertz CT molecular complexity index is 675. The van der Waals surface area contributed by atoms with Crippen molar-refractivity contribution in [2.24, 2.45) is 0 Å². The first-order chi connectivity index (χ1) is 11.0. The summed E-state index contributed by atoms with van der Waals surface area (Å²) in [5, 5.41) is 2.38. The van der Waals surface area contributed by atoms with Crippen molar-refractivity contribution >= 4 is 11.7 Å². The lowest BCUT2D eigenvalue weighted by Crippen LogP contribution is -2.34. The van der Waals surface area contributed by atoms with E-state index in [1.165, 1.54) is 11.0 Å². The molecule has 0 spiro atoms. The van der Waals surface area contributed by atoms with Crippen LogP contribution in [0.5, 0.6) is 5.75 Å². The van der Waals surface area contributed by atoms with Crippen LogP contribution in [0.4, 0.5) is 19.3 Å². The topological polar surface area (TPSA) is 41.6 Å². The van der Waals surface area contributed by atoms with Gasteiger partial charge in [0.2, 0.25) is 0 Å². The summed E-state index contributed by atoms with van der Waals surface area (Å²) in [4.78, 5) is 13.3. The predicted molar refractivity (Wildman–Crippen MR) is 84.7 cm³/mol. The van der Waals surface area contributed by atoms with Crippen LogP contribution in [0.2, 0.25) is 0 Å². The minimum atomic E-state index is -0.817. The van der Waals surface area contributed by atoms with E-state index in [1.54, 1.807) is 7.05 Å². The number of halogens is 2. The normalized spacial score (nSPS) is 10.3. The molecule has 0 saturated heterocycles. The highest BCUT2D eigenvalue weighted by Crippen LogP contribution is 2.15. The zero-order valence-corrected chi connectivity index (χ0v) is 13.0. The minimum Gasteiger partial charge on any atom is -0.492 e. The second-order valence-corrected chi connectivity index (χ2v) is 5.14. The maximum atomic E-state index is 13.5. The summed E-state index contributed by atoms with van der Waals surface area (Å²) in [6, 6.07) is 10.1. The van der Waals surface area contributed by atoms with E-state index < -0.39 is 17.7 Å². The summed E-state index contributed by atoms with van der Waals surface area (Å²) in [6.07, 6.45) is 0. The number of nitrogens with one attached hydrogen (secondary N) is 1. The maximum Gasteiger partial charge on any atom is 0.321 e. The summed E-state index contributed by atoms with van der Waals surface area (Å²) in [5.74, 6) is -0.794. The van der Waals surface area contributed by atoms with Crippen LogP contribution >= 0.6 is 0 Å². The van der Waals surface area contributed by atoms with Crippen LogP contribution < -0.4 is 10.1 Å². The fraction of sp³-hybridized carbons (Fsp3) is 0.235. The molecule has 2 aromatic carbocycles. The van der Waals surface area contributed by atoms with Crippen molar-refractivity contribution in [3.05, 3.63) is 59.7 Å². The van der Waals surface area contributed by atoms with Crippen molar-refractivity contribution in [2.75, 3.05) is 25.5 Å². The van der Waals surface area contributed by atoms with Gasteiger partial charge in [-0.05, 0) is 31.2 Å². The Morgan fingerprint density at radius 3 is 2.52 bits per heavy atom. The summed E-state index contributed by atoms with van der Waals surface area (Å²) < 4.78 is 31.8. The van der Waals surface area contributed by atoms with Crippen molar-refractivity contribution in [2.45, 2.75) is 6.92 Å². The van der Waals surface area contributed by atoms with Crippen LogP contribution in [0.3, 0.4) is 0 Å². The van der Waals surface area contributed by atoms with Crippen LogP contribution in [-0.4, -0.2) is 31.1 Å². The molecule has 0 radical (unpaired) electrons. The first-order valence-corrected chi connectivity index (χ1v) is 7.12.